The fourth-order valence-corrected chi connectivity index (χ4v) is 4.33. The van der Waals surface area contributed by atoms with Crippen molar-refractivity contribution in [3.8, 4) is 11.4 Å². The second-order valence-corrected chi connectivity index (χ2v) is 7.93. The Kier molecular flexibility index (Phi) is 4.79. The molecule has 0 spiro atoms. The molecule has 8 nitrogen and oxygen atoms in total. The van der Waals surface area contributed by atoms with Gasteiger partial charge < -0.3 is 10.6 Å². The van der Waals surface area contributed by atoms with Crippen LogP contribution < -0.4 is 10.6 Å². The van der Waals surface area contributed by atoms with Gasteiger partial charge in [0.1, 0.15) is 6.33 Å². The van der Waals surface area contributed by atoms with Gasteiger partial charge in [0.15, 0.2) is 21.6 Å². The predicted molar refractivity (Wildman–Crippen MR) is 92.2 cm³/mol. The monoisotopic (exact) mass is 348 g/mol. The molecule has 3 N–H and O–H groups in total. The lowest BCUT2D eigenvalue weighted by Gasteiger charge is -2.16. The molecule has 3 rings (SSSR count). The Labute approximate surface area is 140 Å². The summed E-state index contributed by atoms with van der Waals surface area (Å²) in [6.07, 6.45) is 2.09. The molecular weight excluding hydrogens is 328 g/mol. The molecule has 1 aromatic heterocycles. The highest BCUT2D eigenvalue weighted by atomic mass is 32.2. The number of benzene rings is 1. The Morgan fingerprint density at radius 2 is 2.33 bits per heavy atom. The van der Waals surface area contributed by atoms with Crippen molar-refractivity contribution in [2.24, 2.45) is 4.99 Å². The molecule has 0 bridgehead atoms. The third kappa shape index (κ3) is 4.10. The molecule has 1 unspecified atom stereocenters. The number of aliphatic imine (C=N–C) groups is 1. The van der Waals surface area contributed by atoms with Gasteiger partial charge in [-0.1, -0.05) is 18.2 Å². The fraction of sp³-hybridized carbons (Fsp3) is 0.400. The zero-order chi connectivity index (χ0) is 17.0. The Morgan fingerprint density at radius 1 is 1.46 bits per heavy atom. The number of rotatable bonds is 4. The third-order valence-corrected chi connectivity index (χ3v) is 5.64. The van der Waals surface area contributed by atoms with Gasteiger partial charge in [0.2, 0.25) is 0 Å². The SMILES string of the molecule is CN=C(NCc1cccc(-c2ncn[nH]2)c1)NC1CCS(=O)(=O)C1. The standard InChI is InChI=1S/C15H20N6O2S/c1-16-15(20-13-5-6-24(22,23)9-13)17-8-11-3-2-4-12(7-11)14-18-10-19-21-14/h2-4,7,10,13H,5-6,8-9H2,1H3,(H2,16,17,20)(H,18,19,21). The van der Waals surface area contributed by atoms with E-state index in [4.69, 9.17) is 0 Å². The van der Waals surface area contributed by atoms with Crippen molar-refractivity contribution in [1.29, 1.82) is 0 Å². The molecule has 1 aliphatic rings. The van der Waals surface area contributed by atoms with Gasteiger partial charge in [-0.2, -0.15) is 5.10 Å². The van der Waals surface area contributed by atoms with E-state index in [0.29, 0.717) is 18.9 Å². The van der Waals surface area contributed by atoms with Crippen LogP contribution in [0.5, 0.6) is 0 Å². The van der Waals surface area contributed by atoms with E-state index < -0.39 is 9.84 Å². The van der Waals surface area contributed by atoms with E-state index in [-0.39, 0.29) is 17.5 Å². The highest BCUT2D eigenvalue weighted by molar-refractivity contribution is 7.91. The number of aromatic amines is 1. The van der Waals surface area contributed by atoms with Crippen LogP contribution in [0, 0.1) is 0 Å². The topological polar surface area (TPSA) is 112 Å². The largest absolute Gasteiger partial charge is 0.353 e. The maximum Gasteiger partial charge on any atom is 0.191 e. The molecule has 0 amide bonds. The van der Waals surface area contributed by atoms with E-state index in [1.54, 1.807) is 7.05 Å². The first kappa shape index (κ1) is 16.4. The summed E-state index contributed by atoms with van der Waals surface area (Å²) in [5.74, 6) is 1.72. The van der Waals surface area contributed by atoms with Crippen LogP contribution in [0.1, 0.15) is 12.0 Å². The minimum Gasteiger partial charge on any atom is -0.353 e. The maximum atomic E-state index is 11.5. The molecule has 24 heavy (non-hydrogen) atoms. The Hall–Kier alpha value is -2.42. The van der Waals surface area contributed by atoms with Crippen molar-refractivity contribution in [1.82, 2.24) is 25.8 Å². The van der Waals surface area contributed by atoms with Gasteiger partial charge in [0.25, 0.3) is 0 Å². The van der Waals surface area contributed by atoms with E-state index in [0.717, 1.165) is 17.0 Å². The van der Waals surface area contributed by atoms with Crippen molar-refractivity contribution in [2.75, 3.05) is 18.6 Å². The minimum absolute atomic E-state index is 0.0817. The van der Waals surface area contributed by atoms with Gasteiger partial charge in [-0.3, -0.25) is 10.1 Å². The molecule has 1 aromatic carbocycles. The summed E-state index contributed by atoms with van der Waals surface area (Å²) < 4.78 is 23.1. The number of nitrogens with zero attached hydrogens (tertiary/aromatic N) is 3. The average Bonchev–Trinajstić information content (AvgIpc) is 3.21. The number of hydrogen-bond donors (Lipinski definition) is 3. The molecular formula is C15H20N6O2S. The van der Waals surface area contributed by atoms with E-state index in [1.165, 1.54) is 6.33 Å². The van der Waals surface area contributed by atoms with Crippen LogP contribution in [0.4, 0.5) is 0 Å². The summed E-state index contributed by atoms with van der Waals surface area (Å²) in [7, 11) is -1.24. The van der Waals surface area contributed by atoms with Gasteiger partial charge in [-0.15, -0.1) is 0 Å². The summed E-state index contributed by atoms with van der Waals surface area (Å²) >= 11 is 0. The molecule has 1 fully saturated rings. The second kappa shape index (κ2) is 7.00. The van der Waals surface area contributed by atoms with Crippen LogP contribution in [-0.4, -0.2) is 54.2 Å². The summed E-state index contributed by atoms with van der Waals surface area (Å²) in [5.41, 5.74) is 2.02. The van der Waals surface area contributed by atoms with Crippen LogP contribution in [-0.2, 0) is 16.4 Å². The van der Waals surface area contributed by atoms with Crippen molar-refractivity contribution in [3.05, 3.63) is 36.2 Å². The number of hydrogen-bond acceptors (Lipinski definition) is 5. The summed E-state index contributed by atoms with van der Waals surface area (Å²) in [6.45, 7) is 0.571. The number of H-pyrrole nitrogens is 1. The molecule has 9 heteroatoms. The minimum atomic E-state index is -2.91. The first-order valence-electron chi connectivity index (χ1n) is 7.68. The normalized spacial score (nSPS) is 20.0. The second-order valence-electron chi connectivity index (χ2n) is 5.70. The molecule has 0 radical (unpaired) electrons. The van der Waals surface area contributed by atoms with Crippen LogP contribution in [0.15, 0.2) is 35.6 Å². The fourth-order valence-electron chi connectivity index (χ4n) is 2.66. The zero-order valence-electron chi connectivity index (χ0n) is 13.4. The molecule has 2 heterocycles. The Bertz CT molecular complexity index is 816. The molecule has 1 atom stereocenters. The number of sulfone groups is 1. The predicted octanol–water partition coefficient (Wildman–Crippen LogP) is 0.324. The highest BCUT2D eigenvalue weighted by Crippen LogP contribution is 2.15. The third-order valence-electron chi connectivity index (χ3n) is 3.87. The number of guanidine groups is 1. The lowest BCUT2D eigenvalue weighted by Crippen LogP contribution is -2.43. The quantitative estimate of drug-likeness (QED) is 0.542. The lowest BCUT2D eigenvalue weighted by atomic mass is 10.1. The molecule has 0 aliphatic carbocycles. The lowest BCUT2D eigenvalue weighted by molar-refractivity contribution is 0.599. The summed E-state index contributed by atoms with van der Waals surface area (Å²) in [5, 5.41) is 13.1. The van der Waals surface area contributed by atoms with Gasteiger partial charge in [0, 0.05) is 25.2 Å². The Balaban J connectivity index is 1.59. The summed E-state index contributed by atoms with van der Waals surface area (Å²) in [4.78, 5) is 8.30. The first-order valence-corrected chi connectivity index (χ1v) is 9.50. The van der Waals surface area contributed by atoms with Crippen molar-refractivity contribution < 1.29 is 8.42 Å². The van der Waals surface area contributed by atoms with Gasteiger partial charge in [0.05, 0.1) is 11.5 Å². The molecule has 1 aliphatic heterocycles. The maximum absolute atomic E-state index is 11.5. The van der Waals surface area contributed by atoms with Gasteiger partial charge in [-0.25, -0.2) is 13.4 Å². The summed E-state index contributed by atoms with van der Waals surface area (Å²) in [6, 6.07) is 7.84. The Morgan fingerprint density at radius 3 is 3.00 bits per heavy atom. The molecule has 2 aromatic rings. The van der Waals surface area contributed by atoms with Crippen LogP contribution in [0.25, 0.3) is 11.4 Å². The van der Waals surface area contributed by atoms with Crippen LogP contribution in [0.2, 0.25) is 0 Å². The van der Waals surface area contributed by atoms with Gasteiger partial charge in [-0.05, 0) is 18.1 Å². The average molecular weight is 348 g/mol. The molecule has 1 saturated heterocycles. The van der Waals surface area contributed by atoms with Crippen LogP contribution >= 0.6 is 0 Å². The van der Waals surface area contributed by atoms with Gasteiger partial charge >= 0.3 is 0 Å². The van der Waals surface area contributed by atoms with E-state index in [9.17, 15) is 8.42 Å². The van der Waals surface area contributed by atoms with E-state index in [1.807, 2.05) is 24.3 Å². The van der Waals surface area contributed by atoms with Crippen molar-refractivity contribution in [3.63, 3.8) is 0 Å². The molecule has 0 saturated carbocycles. The first-order chi connectivity index (χ1) is 11.6. The number of nitrogens with one attached hydrogen (secondary N) is 3. The van der Waals surface area contributed by atoms with Crippen LogP contribution in [0.3, 0.4) is 0 Å². The van der Waals surface area contributed by atoms with E-state index in [2.05, 4.69) is 30.8 Å². The van der Waals surface area contributed by atoms with Crippen molar-refractivity contribution >= 4 is 15.8 Å². The zero-order valence-corrected chi connectivity index (χ0v) is 14.2. The number of aromatic nitrogens is 3. The van der Waals surface area contributed by atoms with E-state index >= 15 is 0 Å². The smallest absolute Gasteiger partial charge is 0.191 e. The molecule has 128 valence electrons. The highest BCUT2D eigenvalue weighted by Gasteiger charge is 2.28. The van der Waals surface area contributed by atoms with Crippen molar-refractivity contribution in [2.45, 2.75) is 19.0 Å².